The lowest BCUT2D eigenvalue weighted by Gasteiger charge is -2.31. The maximum atomic E-state index is 13.6. The van der Waals surface area contributed by atoms with Crippen LogP contribution in [0.4, 0.5) is 0 Å². The molecule has 176 valence electrons. The van der Waals surface area contributed by atoms with Gasteiger partial charge in [-0.05, 0) is 23.8 Å². The van der Waals surface area contributed by atoms with Crippen LogP contribution in [0.15, 0.2) is 64.5 Å². The lowest BCUT2D eigenvalue weighted by molar-refractivity contribution is -0.129. The Bertz CT molecular complexity index is 1250. The number of carbonyl (C=O) groups excluding carboxylic acids is 2. The molecule has 2 aromatic heterocycles. The van der Waals surface area contributed by atoms with Crippen LogP contribution in [0.1, 0.15) is 22.2 Å². The van der Waals surface area contributed by atoms with Crippen molar-refractivity contribution in [2.75, 3.05) is 46.5 Å². The summed E-state index contributed by atoms with van der Waals surface area (Å²) in [4.78, 5) is 34.6. The second kappa shape index (κ2) is 9.28. The van der Waals surface area contributed by atoms with Crippen molar-refractivity contribution in [3.63, 3.8) is 0 Å². The molecule has 1 N–H and O–H groups in total. The highest BCUT2D eigenvalue weighted by molar-refractivity contribution is 6.16. The highest BCUT2D eigenvalue weighted by Gasteiger charge is 2.44. The Morgan fingerprint density at radius 3 is 2.76 bits per heavy atom. The smallest absolute Gasteiger partial charge is 0.290 e. The number of methoxy groups -OCH3 is 1. The van der Waals surface area contributed by atoms with E-state index in [2.05, 4.69) is 9.88 Å². The van der Waals surface area contributed by atoms with Crippen LogP contribution in [-0.2, 0) is 9.53 Å². The number of rotatable bonds is 7. The maximum Gasteiger partial charge on any atom is 0.290 e. The third-order valence-corrected chi connectivity index (χ3v) is 6.26. The summed E-state index contributed by atoms with van der Waals surface area (Å²) in [5.41, 5.74) is 1.05. The largest absolute Gasteiger partial charge is 0.503 e. The number of para-hydroxylation sites is 1. The Hall–Kier alpha value is -3.69. The van der Waals surface area contributed by atoms with E-state index in [9.17, 15) is 14.7 Å². The van der Waals surface area contributed by atoms with E-state index >= 15 is 0 Å². The number of Topliss-reactive ketones (excluding diaryl/α,β-unsaturated/α-hetero) is 1. The standard InChI is InChI=1S/C25H25N3O6/c1-32-18-6-2-4-16-14-19(34-24(16)18)22(29)20-21(17-5-3-7-26-15-17)28(25(31)23(20)30)9-8-27-10-12-33-13-11-27/h2-7,14-15,21,30H,8-13H2,1H3. The van der Waals surface area contributed by atoms with Gasteiger partial charge in [0, 0.05) is 44.0 Å². The minimum atomic E-state index is -0.773. The molecule has 1 amide bonds. The molecule has 2 aliphatic heterocycles. The Morgan fingerprint density at radius 2 is 2.03 bits per heavy atom. The van der Waals surface area contributed by atoms with Crippen molar-refractivity contribution in [2.45, 2.75) is 6.04 Å². The minimum Gasteiger partial charge on any atom is -0.503 e. The second-order valence-electron chi connectivity index (χ2n) is 8.22. The molecule has 9 heteroatoms. The molecule has 2 aliphatic rings. The first-order valence-corrected chi connectivity index (χ1v) is 11.1. The molecule has 34 heavy (non-hydrogen) atoms. The number of hydrogen-bond acceptors (Lipinski definition) is 8. The van der Waals surface area contributed by atoms with Gasteiger partial charge in [0.25, 0.3) is 5.91 Å². The number of benzene rings is 1. The monoisotopic (exact) mass is 463 g/mol. The Morgan fingerprint density at radius 1 is 1.21 bits per heavy atom. The molecule has 0 radical (unpaired) electrons. The van der Waals surface area contributed by atoms with Crippen LogP contribution in [0.5, 0.6) is 5.75 Å². The number of pyridine rings is 1. The van der Waals surface area contributed by atoms with Gasteiger partial charge in [0.2, 0.25) is 5.78 Å². The highest BCUT2D eigenvalue weighted by atomic mass is 16.5. The van der Waals surface area contributed by atoms with Crippen LogP contribution in [-0.4, -0.2) is 78.1 Å². The molecule has 9 nitrogen and oxygen atoms in total. The van der Waals surface area contributed by atoms with Crippen molar-refractivity contribution in [1.82, 2.24) is 14.8 Å². The van der Waals surface area contributed by atoms with Crippen molar-refractivity contribution in [3.8, 4) is 5.75 Å². The zero-order valence-corrected chi connectivity index (χ0v) is 18.8. The number of hydrogen-bond donors (Lipinski definition) is 1. The normalized spacial score (nSPS) is 19.3. The number of aromatic nitrogens is 1. The van der Waals surface area contributed by atoms with E-state index in [-0.39, 0.29) is 11.3 Å². The molecule has 1 aromatic carbocycles. The molecule has 5 rings (SSSR count). The van der Waals surface area contributed by atoms with E-state index in [0.29, 0.717) is 48.6 Å². The van der Waals surface area contributed by atoms with E-state index in [4.69, 9.17) is 13.9 Å². The van der Waals surface area contributed by atoms with Crippen LogP contribution in [0.3, 0.4) is 0 Å². The highest BCUT2D eigenvalue weighted by Crippen LogP contribution is 2.39. The van der Waals surface area contributed by atoms with Gasteiger partial charge >= 0.3 is 0 Å². The topological polar surface area (TPSA) is 105 Å². The summed E-state index contributed by atoms with van der Waals surface area (Å²) in [5, 5.41) is 11.5. The molecule has 0 aliphatic carbocycles. The number of ketones is 1. The van der Waals surface area contributed by atoms with Gasteiger partial charge in [-0.1, -0.05) is 18.2 Å². The van der Waals surface area contributed by atoms with Crippen molar-refractivity contribution in [3.05, 3.63) is 71.4 Å². The third kappa shape index (κ3) is 3.93. The summed E-state index contributed by atoms with van der Waals surface area (Å²) in [6, 6.07) is 9.70. The van der Waals surface area contributed by atoms with Crippen LogP contribution < -0.4 is 4.74 Å². The predicted octanol–water partition coefficient (Wildman–Crippen LogP) is 2.75. The first kappa shape index (κ1) is 22.1. The summed E-state index contributed by atoms with van der Waals surface area (Å²) in [6.45, 7) is 3.76. The number of ether oxygens (including phenoxy) is 2. The van der Waals surface area contributed by atoms with Gasteiger partial charge < -0.3 is 23.9 Å². The molecule has 1 unspecified atom stereocenters. The van der Waals surface area contributed by atoms with E-state index < -0.39 is 23.5 Å². The number of aliphatic hydroxyl groups is 1. The minimum absolute atomic E-state index is 0.0157. The van der Waals surface area contributed by atoms with Crippen LogP contribution >= 0.6 is 0 Å². The molecule has 0 saturated carbocycles. The maximum absolute atomic E-state index is 13.6. The molecule has 1 saturated heterocycles. The lowest BCUT2D eigenvalue weighted by Crippen LogP contribution is -2.43. The summed E-state index contributed by atoms with van der Waals surface area (Å²) in [7, 11) is 1.52. The van der Waals surface area contributed by atoms with E-state index in [1.165, 1.54) is 12.0 Å². The number of furan rings is 1. The lowest BCUT2D eigenvalue weighted by atomic mass is 9.96. The molecule has 0 spiro atoms. The first-order valence-electron chi connectivity index (χ1n) is 11.1. The Labute approximate surface area is 196 Å². The van der Waals surface area contributed by atoms with Gasteiger partial charge in [0.05, 0.1) is 31.9 Å². The third-order valence-electron chi connectivity index (χ3n) is 6.26. The molecule has 1 fully saturated rings. The number of aliphatic hydroxyl groups excluding tert-OH is 1. The molecule has 0 bridgehead atoms. The number of nitrogens with zero attached hydrogens (tertiary/aromatic N) is 3. The predicted molar refractivity (Wildman–Crippen MR) is 123 cm³/mol. The fourth-order valence-corrected chi connectivity index (χ4v) is 4.52. The Balaban J connectivity index is 1.50. The van der Waals surface area contributed by atoms with Crippen molar-refractivity contribution >= 4 is 22.7 Å². The van der Waals surface area contributed by atoms with Crippen molar-refractivity contribution in [2.24, 2.45) is 0 Å². The van der Waals surface area contributed by atoms with Gasteiger partial charge in [0.15, 0.2) is 22.9 Å². The molecular weight excluding hydrogens is 438 g/mol. The van der Waals surface area contributed by atoms with Crippen LogP contribution in [0, 0.1) is 0 Å². The Kier molecular flexibility index (Phi) is 6.04. The average molecular weight is 463 g/mol. The summed E-state index contributed by atoms with van der Waals surface area (Å²) < 4.78 is 16.6. The van der Waals surface area contributed by atoms with E-state index in [0.717, 1.165) is 13.1 Å². The average Bonchev–Trinajstić information content (AvgIpc) is 3.43. The number of fused-ring (bicyclic) bond motifs is 1. The van der Waals surface area contributed by atoms with Gasteiger partial charge in [-0.2, -0.15) is 0 Å². The molecule has 1 atom stereocenters. The molecule has 4 heterocycles. The van der Waals surface area contributed by atoms with Crippen molar-refractivity contribution < 1.29 is 28.6 Å². The van der Waals surface area contributed by atoms with Gasteiger partial charge in [-0.25, -0.2) is 0 Å². The van der Waals surface area contributed by atoms with Crippen LogP contribution in [0.25, 0.3) is 11.0 Å². The van der Waals surface area contributed by atoms with Gasteiger partial charge in [0.1, 0.15) is 0 Å². The van der Waals surface area contributed by atoms with Crippen LogP contribution in [0.2, 0.25) is 0 Å². The fourth-order valence-electron chi connectivity index (χ4n) is 4.52. The summed E-state index contributed by atoms with van der Waals surface area (Å²) >= 11 is 0. The SMILES string of the molecule is COc1cccc2cc(C(=O)C3=C(O)C(=O)N(CCN4CCOCC4)C3c3cccnc3)oc12. The molecular formula is C25H25N3O6. The van der Waals surface area contributed by atoms with E-state index in [1.807, 2.05) is 0 Å². The summed E-state index contributed by atoms with van der Waals surface area (Å²) in [6.07, 6.45) is 3.22. The number of carbonyl (C=O) groups is 2. The zero-order chi connectivity index (χ0) is 23.7. The summed E-state index contributed by atoms with van der Waals surface area (Å²) in [5.74, 6) is -1.18. The quantitative estimate of drug-likeness (QED) is 0.534. The van der Waals surface area contributed by atoms with Gasteiger partial charge in [-0.3, -0.25) is 19.5 Å². The second-order valence-corrected chi connectivity index (χ2v) is 8.22. The number of morpholine rings is 1. The van der Waals surface area contributed by atoms with Gasteiger partial charge in [-0.15, -0.1) is 0 Å². The first-order chi connectivity index (χ1) is 16.6. The van der Waals surface area contributed by atoms with Crippen molar-refractivity contribution in [1.29, 1.82) is 0 Å². The van der Waals surface area contributed by atoms with E-state index in [1.54, 1.807) is 48.8 Å². The fraction of sp³-hybridized carbons (Fsp3) is 0.320. The molecule has 3 aromatic rings. The number of amides is 1. The zero-order valence-electron chi connectivity index (χ0n) is 18.8.